The maximum atomic E-state index is 12.1. The van der Waals surface area contributed by atoms with Crippen molar-refractivity contribution in [1.82, 2.24) is 9.78 Å². The van der Waals surface area contributed by atoms with Crippen molar-refractivity contribution in [2.45, 2.75) is 45.6 Å². The first-order valence-corrected chi connectivity index (χ1v) is 8.33. The minimum atomic E-state index is -0.0648. The first kappa shape index (κ1) is 14.8. The lowest BCUT2D eigenvalue weighted by molar-refractivity contribution is -0.116. The van der Waals surface area contributed by atoms with E-state index in [1.165, 1.54) is 11.3 Å². The second-order valence-electron chi connectivity index (χ2n) is 5.52. The zero-order valence-corrected chi connectivity index (χ0v) is 13.4. The summed E-state index contributed by atoms with van der Waals surface area (Å²) in [4.78, 5) is 13.4. The normalized spacial score (nSPS) is 13.5. The lowest BCUT2D eigenvalue weighted by Crippen LogP contribution is -2.15. The van der Waals surface area contributed by atoms with Crippen molar-refractivity contribution < 1.29 is 4.79 Å². The highest BCUT2D eigenvalue weighted by molar-refractivity contribution is 7.16. The molecule has 0 radical (unpaired) electrons. The summed E-state index contributed by atoms with van der Waals surface area (Å²) in [5, 5.41) is 17.2. The first-order chi connectivity index (χ1) is 10.7. The van der Waals surface area contributed by atoms with Crippen molar-refractivity contribution in [3.05, 3.63) is 34.0 Å². The number of nitriles is 1. The van der Waals surface area contributed by atoms with Gasteiger partial charge in [0.1, 0.15) is 11.1 Å². The fourth-order valence-corrected chi connectivity index (χ4v) is 4.06. The van der Waals surface area contributed by atoms with Crippen LogP contribution in [0.25, 0.3) is 0 Å². The van der Waals surface area contributed by atoms with E-state index in [0.29, 0.717) is 18.5 Å². The molecule has 1 N–H and O–H groups in total. The largest absolute Gasteiger partial charge is 0.317 e. The van der Waals surface area contributed by atoms with Gasteiger partial charge in [0.05, 0.1) is 5.56 Å². The van der Waals surface area contributed by atoms with Gasteiger partial charge >= 0.3 is 0 Å². The van der Waals surface area contributed by atoms with E-state index in [2.05, 4.69) is 16.5 Å². The number of thiophene rings is 1. The van der Waals surface area contributed by atoms with Crippen LogP contribution < -0.4 is 5.32 Å². The molecule has 6 heteroatoms. The fraction of sp³-hybridized carbons (Fsp3) is 0.438. The number of hydrogen-bond acceptors (Lipinski definition) is 4. The molecule has 114 valence electrons. The van der Waals surface area contributed by atoms with E-state index in [9.17, 15) is 10.1 Å². The number of amides is 1. The topological polar surface area (TPSA) is 70.7 Å². The van der Waals surface area contributed by atoms with Gasteiger partial charge in [-0.05, 0) is 44.2 Å². The lowest BCUT2D eigenvalue weighted by atomic mass is 9.96. The number of hydrogen-bond donors (Lipinski definition) is 1. The highest BCUT2D eigenvalue weighted by Crippen LogP contribution is 2.37. The molecule has 2 heterocycles. The van der Waals surface area contributed by atoms with Crippen LogP contribution in [0.1, 0.15) is 41.0 Å². The van der Waals surface area contributed by atoms with Crippen LogP contribution in [0.15, 0.2) is 12.3 Å². The van der Waals surface area contributed by atoms with Gasteiger partial charge in [0.25, 0.3) is 0 Å². The SMILES string of the molecule is Cc1ccnn1CCC(=O)Nc1sc2c(c1C#N)CCCC2. The predicted molar refractivity (Wildman–Crippen MR) is 85.9 cm³/mol. The molecule has 0 atom stereocenters. The molecule has 0 spiro atoms. The van der Waals surface area contributed by atoms with Gasteiger partial charge in [-0.25, -0.2) is 0 Å². The summed E-state index contributed by atoms with van der Waals surface area (Å²) in [6.07, 6.45) is 6.37. The van der Waals surface area contributed by atoms with Crippen molar-refractivity contribution in [2.24, 2.45) is 0 Å². The number of carbonyl (C=O) groups is 1. The molecule has 1 aliphatic rings. The summed E-state index contributed by atoms with van der Waals surface area (Å²) in [5.41, 5.74) is 2.86. The number of anilines is 1. The number of aryl methyl sites for hydroxylation is 3. The Hall–Kier alpha value is -2.13. The molecule has 0 fully saturated rings. The van der Waals surface area contributed by atoms with E-state index in [1.807, 2.05) is 17.7 Å². The van der Waals surface area contributed by atoms with Gasteiger partial charge in [-0.15, -0.1) is 11.3 Å². The van der Waals surface area contributed by atoms with E-state index < -0.39 is 0 Å². The molecule has 5 nitrogen and oxygen atoms in total. The van der Waals surface area contributed by atoms with Crippen LogP contribution in [0, 0.1) is 18.3 Å². The number of nitrogens with one attached hydrogen (secondary N) is 1. The van der Waals surface area contributed by atoms with E-state index in [-0.39, 0.29) is 5.91 Å². The monoisotopic (exact) mass is 314 g/mol. The molecule has 0 aliphatic heterocycles. The number of carbonyl (C=O) groups excluding carboxylic acids is 1. The highest BCUT2D eigenvalue weighted by atomic mass is 32.1. The maximum absolute atomic E-state index is 12.1. The van der Waals surface area contributed by atoms with Crippen molar-refractivity contribution in [3.8, 4) is 6.07 Å². The van der Waals surface area contributed by atoms with Crippen molar-refractivity contribution >= 4 is 22.2 Å². The molecular weight excluding hydrogens is 296 g/mol. The van der Waals surface area contributed by atoms with E-state index in [4.69, 9.17) is 0 Å². The predicted octanol–water partition coefficient (Wildman–Crippen LogP) is 3.03. The second-order valence-corrected chi connectivity index (χ2v) is 6.63. The summed E-state index contributed by atoms with van der Waals surface area (Å²) in [6.45, 7) is 2.52. The Morgan fingerprint density at radius 2 is 2.32 bits per heavy atom. The second kappa shape index (κ2) is 6.32. The Bertz CT molecular complexity index is 738. The molecule has 1 aliphatic carbocycles. The third kappa shape index (κ3) is 2.90. The van der Waals surface area contributed by atoms with Crippen LogP contribution in [-0.4, -0.2) is 15.7 Å². The molecule has 2 aromatic heterocycles. The molecule has 0 saturated carbocycles. The van der Waals surface area contributed by atoms with Gasteiger partial charge in [-0.2, -0.15) is 10.4 Å². The van der Waals surface area contributed by atoms with Gasteiger partial charge in [-0.3, -0.25) is 9.48 Å². The minimum Gasteiger partial charge on any atom is -0.317 e. The van der Waals surface area contributed by atoms with Crippen LogP contribution in [0.5, 0.6) is 0 Å². The van der Waals surface area contributed by atoms with E-state index in [0.717, 1.165) is 35.5 Å². The Kier molecular flexibility index (Phi) is 4.25. The van der Waals surface area contributed by atoms with Crippen LogP contribution in [0.3, 0.4) is 0 Å². The first-order valence-electron chi connectivity index (χ1n) is 7.52. The van der Waals surface area contributed by atoms with Gasteiger partial charge in [0, 0.05) is 29.7 Å². The zero-order valence-electron chi connectivity index (χ0n) is 12.6. The Morgan fingerprint density at radius 3 is 3.05 bits per heavy atom. The maximum Gasteiger partial charge on any atom is 0.226 e. The number of nitrogens with zero attached hydrogens (tertiary/aromatic N) is 3. The van der Waals surface area contributed by atoms with Crippen LogP contribution >= 0.6 is 11.3 Å². The van der Waals surface area contributed by atoms with Crippen LogP contribution in [-0.2, 0) is 24.2 Å². The van der Waals surface area contributed by atoms with Crippen molar-refractivity contribution in [1.29, 1.82) is 5.26 Å². The smallest absolute Gasteiger partial charge is 0.226 e. The molecule has 0 aromatic carbocycles. The molecule has 2 aromatic rings. The third-order valence-electron chi connectivity index (χ3n) is 4.02. The van der Waals surface area contributed by atoms with Crippen molar-refractivity contribution in [3.63, 3.8) is 0 Å². The summed E-state index contributed by atoms with van der Waals surface area (Å²) in [7, 11) is 0. The average Bonchev–Trinajstić information content (AvgIpc) is 3.07. The Labute approximate surface area is 133 Å². The summed E-state index contributed by atoms with van der Waals surface area (Å²) in [6, 6.07) is 4.18. The minimum absolute atomic E-state index is 0.0648. The molecule has 3 rings (SSSR count). The van der Waals surface area contributed by atoms with E-state index in [1.54, 1.807) is 17.5 Å². The average molecular weight is 314 g/mol. The molecule has 1 amide bonds. The lowest BCUT2D eigenvalue weighted by Gasteiger charge is -2.09. The van der Waals surface area contributed by atoms with Gasteiger partial charge in [0.2, 0.25) is 5.91 Å². The summed E-state index contributed by atoms with van der Waals surface area (Å²) < 4.78 is 1.81. The summed E-state index contributed by atoms with van der Waals surface area (Å²) >= 11 is 1.56. The quantitative estimate of drug-likeness (QED) is 0.943. The molecule has 0 unspecified atom stereocenters. The molecular formula is C16H18N4OS. The Morgan fingerprint density at radius 1 is 1.50 bits per heavy atom. The summed E-state index contributed by atoms with van der Waals surface area (Å²) in [5.74, 6) is -0.0648. The molecule has 0 saturated heterocycles. The molecule has 22 heavy (non-hydrogen) atoms. The highest BCUT2D eigenvalue weighted by Gasteiger charge is 2.21. The number of fused-ring (bicyclic) bond motifs is 1. The van der Waals surface area contributed by atoms with Crippen LogP contribution in [0.4, 0.5) is 5.00 Å². The fourth-order valence-electron chi connectivity index (χ4n) is 2.80. The third-order valence-corrected chi connectivity index (χ3v) is 5.22. The van der Waals surface area contributed by atoms with Gasteiger partial charge < -0.3 is 5.32 Å². The van der Waals surface area contributed by atoms with Gasteiger partial charge in [0.15, 0.2) is 0 Å². The number of rotatable bonds is 4. The zero-order chi connectivity index (χ0) is 15.5. The standard InChI is InChI=1S/C16H18N4OS/c1-11-6-8-18-20(11)9-7-15(21)19-16-13(10-17)12-4-2-3-5-14(12)22-16/h6,8H,2-5,7,9H2,1H3,(H,19,21). The van der Waals surface area contributed by atoms with E-state index >= 15 is 0 Å². The van der Waals surface area contributed by atoms with Crippen molar-refractivity contribution in [2.75, 3.05) is 5.32 Å². The Balaban J connectivity index is 1.68. The number of aromatic nitrogens is 2. The molecule has 0 bridgehead atoms. The van der Waals surface area contributed by atoms with Gasteiger partial charge in [-0.1, -0.05) is 0 Å². The van der Waals surface area contributed by atoms with Crippen LogP contribution in [0.2, 0.25) is 0 Å².